The summed E-state index contributed by atoms with van der Waals surface area (Å²) in [5.41, 5.74) is -0.0160. The van der Waals surface area contributed by atoms with Crippen LogP contribution in [0.3, 0.4) is 0 Å². The Bertz CT molecular complexity index is 450. The Morgan fingerprint density at radius 3 is 2.94 bits per heavy atom. The molecule has 0 radical (unpaired) electrons. The van der Waals surface area contributed by atoms with Gasteiger partial charge in [-0.1, -0.05) is 12.1 Å². The zero-order chi connectivity index (χ0) is 12.3. The van der Waals surface area contributed by atoms with Crippen LogP contribution in [0, 0.1) is 5.82 Å². The number of amides is 2. The third kappa shape index (κ3) is 2.72. The van der Waals surface area contributed by atoms with Gasteiger partial charge in [-0.3, -0.25) is 4.79 Å². The Morgan fingerprint density at radius 1 is 1.53 bits per heavy atom. The van der Waals surface area contributed by atoms with Crippen LogP contribution in [0.5, 0.6) is 0 Å². The van der Waals surface area contributed by atoms with Gasteiger partial charge < -0.3 is 15.4 Å². The summed E-state index contributed by atoms with van der Waals surface area (Å²) in [5.74, 6) is -1.08. The molecule has 2 rings (SSSR count). The van der Waals surface area contributed by atoms with Gasteiger partial charge in [0.2, 0.25) is 0 Å². The number of ether oxygens (including phenoxy) is 1. The Morgan fingerprint density at radius 2 is 2.29 bits per heavy atom. The summed E-state index contributed by atoms with van der Waals surface area (Å²) in [7, 11) is 0. The van der Waals surface area contributed by atoms with Gasteiger partial charge in [0.05, 0.1) is 11.6 Å². The number of carbonyl (C=O) groups is 2. The normalized spacial score (nSPS) is 18.4. The molecule has 1 aliphatic heterocycles. The minimum absolute atomic E-state index is 0.0160. The Balaban J connectivity index is 1.90. The quantitative estimate of drug-likeness (QED) is 0.813. The number of alkyl carbamates (subject to hydrolysis) is 1. The van der Waals surface area contributed by atoms with Crippen molar-refractivity contribution in [2.45, 2.75) is 6.04 Å². The second kappa shape index (κ2) is 4.82. The number of halogens is 1. The van der Waals surface area contributed by atoms with Gasteiger partial charge in [0.1, 0.15) is 12.4 Å². The molecule has 1 fully saturated rings. The van der Waals surface area contributed by atoms with Crippen molar-refractivity contribution in [1.29, 1.82) is 0 Å². The van der Waals surface area contributed by atoms with Crippen LogP contribution in [0.1, 0.15) is 10.4 Å². The molecule has 0 aromatic heterocycles. The second-order valence-corrected chi connectivity index (χ2v) is 3.63. The first kappa shape index (κ1) is 11.4. The van der Waals surface area contributed by atoms with Crippen molar-refractivity contribution >= 4 is 12.0 Å². The summed E-state index contributed by atoms with van der Waals surface area (Å²) in [6.07, 6.45) is -0.504. The third-order valence-corrected chi connectivity index (χ3v) is 2.37. The number of benzene rings is 1. The molecular formula is C11H11FN2O3. The highest BCUT2D eigenvalue weighted by Gasteiger charge is 2.22. The second-order valence-electron chi connectivity index (χ2n) is 3.63. The molecule has 1 atom stereocenters. The fourth-order valence-corrected chi connectivity index (χ4v) is 1.49. The fourth-order valence-electron chi connectivity index (χ4n) is 1.49. The highest BCUT2D eigenvalue weighted by atomic mass is 19.1. The lowest BCUT2D eigenvalue weighted by Crippen LogP contribution is -2.39. The average molecular weight is 238 g/mol. The van der Waals surface area contributed by atoms with Crippen molar-refractivity contribution in [1.82, 2.24) is 10.6 Å². The SMILES string of the molecule is O=C1NC(CNC(=O)c2ccccc2F)CO1. The van der Waals surface area contributed by atoms with Gasteiger partial charge in [-0.25, -0.2) is 9.18 Å². The topological polar surface area (TPSA) is 67.4 Å². The minimum atomic E-state index is -0.572. The number of rotatable bonds is 3. The van der Waals surface area contributed by atoms with Gasteiger partial charge in [0.25, 0.3) is 5.91 Å². The summed E-state index contributed by atoms with van der Waals surface area (Å²) >= 11 is 0. The van der Waals surface area contributed by atoms with Gasteiger partial charge in [0, 0.05) is 6.54 Å². The monoisotopic (exact) mass is 238 g/mol. The zero-order valence-electron chi connectivity index (χ0n) is 8.90. The number of hydrogen-bond acceptors (Lipinski definition) is 3. The molecule has 6 heteroatoms. The van der Waals surface area contributed by atoms with Crippen molar-refractivity contribution in [3.05, 3.63) is 35.6 Å². The highest BCUT2D eigenvalue weighted by molar-refractivity contribution is 5.94. The Kier molecular flexibility index (Phi) is 3.22. The molecule has 1 aromatic rings. The van der Waals surface area contributed by atoms with Crippen LogP contribution in [0.25, 0.3) is 0 Å². The molecule has 17 heavy (non-hydrogen) atoms. The van der Waals surface area contributed by atoms with Crippen molar-refractivity contribution in [3.63, 3.8) is 0 Å². The van der Waals surface area contributed by atoms with Crippen LogP contribution in [0.2, 0.25) is 0 Å². The van der Waals surface area contributed by atoms with Crippen LogP contribution in [-0.4, -0.2) is 31.2 Å². The molecule has 0 spiro atoms. The lowest BCUT2D eigenvalue weighted by atomic mass is 10.2. The van der Waals surface area contributed by atoms with E-state index >= 15 is 0 Å². The van der Waals surface area contributed by atoms with E-state index < -0.39 is 17.8 Å². The van der Waals surface area contributed by atoms with E-state index in [1.807, 2.05) is 0 Å². The largest absolute Gasteiger partial charge is 0.447 e. The first-order valence-electron chi connectivity index (χ1n) is 5.13. The maximum absolute atomic E-state index is 13.2. The smallest absolute Gasteiger partial charge is 0.407 e. The van der Waals surface area contributed by atoms with E-state index in [-0.39, 0.29) is 24.8 Å². The molecular weight excluding hydrogens is 227 g/mol. The van der Waals surface area contributed by atoms with Gasteiger partial charge in [-0.05, 0) is 12.1 Å². The van der Waals surface area contributed by atoms with Crippen LogP contribution in [0.15, 0.2) is 24.3 Å². The van der Waals surface area contributed by atoms with Crippen molar-refractivity contribution in [3.8, 4) is 0 Å². The summed E-state index contributed by atoms with van der Waals surface area (Å²) in [6.45, 7) is 0.412. The van der Waals surface area contributed by atoms with E-state index in [0.29, 0.717) is 0 Å². The maximum Gasteiger partial charge on any atom is 0.407 e. The summed E-state index contributed by atoms with van der Waals surface area (Å²) < 4.78 is 17.9. The lowest BCUT2D eigenvalue weighted by molar-refractivity contribution is 0.0945. The first-order valence-corrected chi connectivity index (χ1v) is 5.13. The number of hydrogen-bond donors (Lipinski definition) is 2. The molecule has 1 heterocycles. The van der Waals surface area contributed by atoms with Gasteiger partial charge >= 0.3 is 6.09 Å². The predicted octanol–water partition coefficient (Wildman–Crippen LogP) is 0.664. The Labute approximate surface area is 97.0 Å². The van der Waals surface area contributed by atoms with E-state index in [2.05, 4.69) is 15.4 Å². The molecule has 0 bridgehead atoms. The number of carbonyl (C=O) groups excluding carboxylic acids is 2. The van der Waals surface area contributed by atoms with E-state index in [4.69, 9.17) is 0 Å². The molecule has 2 amide bonds. The first-order chi connectivity index (χ1) is 8.16. The summed E-state index contributed by atoms with van der Waals surface area (Å²) in [5, 5.41) is 5.03. The summed E-state index contributed by atoms with van der Waals surface area (Å²) in [4.78, 5) is 22.3. The van der Waals surface area contributed by atoms with Crippen LogP contribution in [-0.2, 0) is 4.74 Å². The van der Waals surface area contributed by atoms with Crippen LogP contribution >= 0.6 is 0 Å². The van der Waals surface area contributed by atoms with Crippen molar-refractivity contribution < 1.29 is 18.7 Å². The van der Waals surface area contributed by atoms with Gasteiger partial charge in [-0.2, -0.15) is 0 Å². The standard InChI is InChI=1S/C11H11FN2O3/c12-9-4-2-1-3-8(9)10(15)13-5-7-6-17-11(16)14-7/h1-4,7H,5-6H2,(H,13,15)(H,14,16). The molecule has 0 aliphatic carbocycles. The third-order valence-electron chi connectivity index (χ3n) is 2.37. The van der Waals surface area contributed by atoms with Crippen LogP contribution in [0.4, 0.5) is 9.18 Å². The summed E-state index contributed by atoms with van der Waals surface area (Å²) in [6, 6.07) is 5.44. The average Bonchev–Trinajstić information content (AvgIpc) is 2.73. The maximum atomic E-state index is 13.2. The molecule has 90 valence electrons. The molecule has 0 saturated carbocycles. The number of nitrogens with one attached hydrogen (secondary N) is 2. The predicted molar refractivity (Wildman–Crippen MR) is 57.0 cm³/mol. The molecule has 1 aromatic carbocycles. The van der Waals surface area contributed by atoms with Gasteiger partial charge in [0.15, 0.2) is 0 Å². The Hall–Kier alpha value is -2.11. The fraction of sp³-hybridized carbons (Fsp3) is 0.273. The molecule has 5 nitrogen and oxygen atoms in total. The zero-order valence-corrected chi connectivity index (χ0v) is 8.90. The molecule has 1 saturated heterocycles. The molecule has 2 N–H and O–H groups in total. The lowest BCUT2D eigenvalue weighted by Gasteiger charge is -2.09. The molecule has 1 aliphatic rings. The minimum Gasteiger partial charge on any atom is -0.447 e. The van der Waals surface area contributed by atoms with Gasteiger partial charge in [-0.15, -0.1) is 0 Å². The highest BCUT2D eigenvalue weighted by Crippen LogP contribution is 2.06. The van der Waals surface area contributed by atoms with Crippen LogP contribution < -0.4 is 10.6 Å². The van der Waals surface area contributed by atoms with Crippen molar-refractivity contribution in [2.24, 2.45) is 0 Å². The molecule has 1 unspecified atom stereocenters. The van der Waals surface area contributed by atoms with Crippen molar-refractivity contribution in [2.75, 3.05) is 13.2 Å². The van der Waals surface area contributed by atoms with E-state index in [9.17, 15) is 14.0 Å². The number of cyclic esters (lactones) is 1. The van der Waals surface area contributed by atoms with E-state index in [1.54, 1.807) is 6.07 Å². The van der Waals surface area contributed by atoms with E-state index in [1.165, 1.54) is 18.2 Å². The van der Waals surface area contributed by atoms with E-state index in [0.717, 1.165) is 0 Å².